The first-order valence-electron chi connectivity index (χ1n) is 12.1. The molecular formula is C25H32N4O3S2. The Kier molecular flexibility index (Phi) is 7.80. The summed E-state index contributed by atoms with van der Waals surface area (Å²) < 4.78 is 7.98. The zero-order valence-electron chi connectivity index (χ0n) is 20.1. The number of thioether (sulfide) groups is 1. The van der Waals surface area contributed by atoms with Crippen LogP contribution in [0, 0.1) is 24.2 Å². The number of amides is 1. The quantitative estimate of drug-likeness (QED) is 0.431. The number of thiocarbonyl (C=S) groups is 1. The molecule has 0 aromatic carbocycles. The van der Waals surface area contributed by atoms with Crippen molar-refractivity contribution in [2.45, 2.75) is 65.5 Å². The van der Waals surface area contributed by atoms with Crippen LogP contribution >= 0.6 is 24.0 Å². The third-order valence-corrected chi connectivity index (χ3v) is 8.19. The van der Waals surface area contributed by atoms with Gasteiger partial charge >= 0.3 is 0 Å². The fourth-order valence-corrected chi connectivity index (χ4v) is 6.33. The first-order chi connectivity index (χ1) is 16.3. The van der Waals surface area contributed by atoms with Gasteiger partial charge in [-0.25, -0.2) is 0 Å². The Morgan fingerprint density at radius 3 is 2.74 bits per heavy atom. The Hall–Kier alpha value is -2.15. The standard InChI is InChI=1S/C25H32N4O3S2/c1-4-9-28-22(27-10-5-7-16(2)14-27)19(17(3)20(13-26)23(28)30)12-21-24(31)29(25(33)34-21)15-18-8-6-11-32-18/h12,16,18H,4-11,14-15H2,1-3H3/b21-12+. The molecule has 1 aromatic rings. The minimum absolute atomic E-state index is 0.0191. The lowest BCUT2D eigenvalue weighted by molar-refractivity contribution is -0.123. The van der Waals surface area contributed by atoms with Crippen LogP contribution in [0.4, 0.5) is 5.82 Å². The molecule has 0 saturated carbocycles. The van der Waals surface area contributed by atoms with E-state index < -0.39 is 0 Å². The predicted octanol–water partition coefficient (Wildman–Crippen LogP) is 4.05. The molecule has 3 aliphatic heterocycles. The van der Waals surface area contributed by atoms with Crippen molar-refractivity contribution in [3.05, 3.63) is 31.9 Å². The van der Waals surface area contributed by atoms with Gasteiger partial charge in [-0.1, -0.05) is 37.8 Å². The van der Waals surface area contributed by atoms with Crippen LogP contribution in [0.25, 0.3) is 6.08 Å². The molecule has 0 N–H and O–H groups in total. The van der Waals surface area contributed by atoms with E-state index >= 15 is 0 Å². The normalized spacial score (nSPS) is 24.4. The highest BCUT2D eigenvalue weighted by Gasteiger charge is 2.35. The molecular weight excluding hydrogens is 468 g/mol. The molecule has 3 aliphatic rings. The molecule has 34 heavy (non-hydrogen) atoms. The van der Waals surface area contributed by atoms with E-state index in [4.69, 9.17) is 17.0 Å². The molecule has 7 nitrogen and oxygen atoms in total. The van der Waals surface area contributed by atoms with Crippen LogP contribution < -0.4 is 10.5 Å². The maximum atomic E-state index is 13.3. The fourth-order valence-electron chi connectivity index (χ4n) is 5.08. The van der Waals surface area contributed by atoms with Crippen LogP contribution in [0.5, 0.6) is 0 Å². The molecule has 0 spiro atoms. The molecule has 0 aliphatic carbocycles. The van der Waals surface area contributed by atoms with Crippen LogP contribution in [0.1, 0.15) is 62.6 Å². The van der Waals surface area contributed by atoms with Gasteiger partial charge in [0.05, 0.1) is 17.6 Å². The summed E-state index contributed by atoms with van der Waals surface area (Å²) >= 11 is 6.83. The van der Waals surface area contributed by atoms with Crippen molar-refractivity contribution in [1.82, 2.24) is 9.47 Å². The summed E-state index contributed by atoms with van der Waals surface area (Å²) in [7, 11) is 0. The number of rotatable bonds is 6. The van der Waals surface area contributed by atoms with Crippen molar-refractivity contribution in [3.63, 3.8) is 0 Å². The number of hydrogen-bond donors (Lipinski definition) is 0. The topological polar surface area (TPSA) is 78.6 Å². The van der Waals surface area contributed by atoms with Crippen LogP contribution in [0.2, 0.25) is 0 Å². The van der Waals surface area contributed by atoms with Crippen molar-refractivity contribution in [2.75, 3.05) is 31.1 Å². The van der Waals surface area contributed by atoms with Gasteiger partial charge in [0, 0.05) is 31.8 Å². The molecule has 182 valence electrons. The summed E-state index contributed by atoms with van der Waals surface area (Å²) in [6, 6.07) is 2.12. The molecule has 2 unspecified atom stereocenters. The first kappa shape index (κ1) is 25.0. The van der Waals surface area contributed by atoms with Crippen molar-refractivity contribution < 1.29 is 9.53 Å². The number of aromatic nitrogens is 1. The van der Waals surface area contributed by atoms with Gasteiger partial charge in [-0.2, -0.15) is 5.26 Å². The minimum atomic E-state index is -0.252. The lowest BCUT2D eigenvalue weighted by Crippen LogP contribution is -2.40. The molecule has 9 heteroatoms. The van der Waals surface area contributed by atoms with Gasteiger partial charge in [-0.15, -0.1) is 0 Å². The molecule has 4 heterocycles. The zero-order valence-corrected chi connectivity index (χ0v) is 21.8. The number of carbonyl (C=O) groups is 1. The van der Waals surface area contributed by atoms with Crippen molar-refractivity contribution in [1.29, 1.82) is 5.26 Å². The van der Waals surface area contributed by atoms with Crippen LogP contribution in [-0.4, -0.2) is 52.0 Å². The zero-order chi connectivity index (χ0) is 24.4. The summed E-state index contributed by atoms with van der Waals surface area (Å²) in [6.07, 6.45) is 6.77. The molecule has 0 radical (unpaired) electrons. The van der Waals surface area contributed by atoms with Gasteiger partial charge in [0.2, 0.25) is 0 Å². The van der Waals surface area contributed by atoms with Gasteiger partial charge in [0.15, 0.2) is 0 Å². The monoisotopic (exact) mass is 500 g/mol. The number of nitriles is 1. The Balaban J connectivity index is 1.81. The highest BCUT2D eigenvalue weighted by atomic mass is 32.2. The molecule has 4 rings (SSSR count). The van der Waals surface area contributed by atoms with Gasteiger partial charge in [-0.05, 0) is 56.6 Å². The second-order valence-corrected chi connectivity index (χ2v) is 11.1. The van der Waals surface area contributed by atoms with Crippen LogP contribution in [0.15, 0.2) is 9.70 Å². The third-order valence-electron chi connectivity index (χ3n) is 6.81. The van der Waals surface area contributed by atoms with E-state index in [1.54, 1.807) is 9.47 Å². The van der Waals surface area contributed by atoms with Gasteiger partial charge in [-0.3, -0.25) is 19.1 Å². The molecule has 3 fully saturated rings. The van der Waals surface area contributed by atoms with Crippen LogP contribution in [0.3, 0.4) is 0 Å². The van der Waals surface area contributed by atoms with E-state index in [2.05, 4.69) is 17.9 Å². The van der Waals surface area contributed by atoms with E-state index in [1.807, 2.05) is 19.9 Å². The van der Waals surface area contributed by atoms with E-state index in [0.29, 0.717) is 33.8 Å². The summed E-state index contributed by atoms with van der Waals surface area (Å²) in [4.78, 5) is 31.0. The molecule has 3 saturated heterocycles. The maximum Gasteiger partial charge on any atom is 0.270 e. The summed E-state index contributed by atoms with van der Waals surface area (Å²) in [5.41, 5.74) is 1.29. The fraction of sp³-hybridized carbons (Fsp3) is 0.600. The second kappa shape index (κ2) is 10.6. The number of ether oxygens (including phenoxy) is 1. The molecule has 2 atom stereocenters. The van der Waals surface area contributed by atoms with Gasteiger partial charge < -0.3 is 9.64 Å². The van der Waals surface area contributed by atoms with E-state index in [1.165, 1.54) is 11.8 Å². The van der Waals surface area contributed by atoms with Gasteiger partial charge in [0.25, 0.3) is 11.5 Å². The van der Waals surface area contributed by atoms with E-state index in [0.717, 1.165) is 63.2 Å². The highest BCUT2D eigenvalue weighted by molar-refractivity contribution is 8.26. The largest absolute Gasteiger partial charge is 0.376 e. The lowest BCUT2D eigenvalue weighted by Gasteiger charge is -2.36. The second-order valence-electron chi connectivity index (χ2n) is 9.43. The maximum absolute atomic E-state index is 13.3. The molecule has 1 aromatic heterocycles. The smallest absolute Gasteiger partial charge is 0.270 e. The number of hydrogen-bond acceptors (Lipinski definition) is 7. The number of anilines is 1. The van der Waals surface area contributed by atoms with Crippen molar-refractivity contribution in [3.8, 4) is 6.07 Å². The predicted molar refractivity (Wildman–Crippen MR) is 140 cm³/mol. The van der Waals surface area contributed by atoms with Crippen LogP contribution in [-0.2, 0) is 16.1 Å². The third kappa shape index (κ3) is 4.81. The van der Waals surface area contributed by atoms with Crippen molar-refractivity contribution in [2.24, 2.45) is 5.92 Å². The average Bonchev–Trinajstić information content (AvgIpc) is 3.41. The number of nitrogens with zero attached hydrogens (tertiary/aromatic N) is 4. The summed E-state index contributed by atoms with van der Waals surface area (Å²) in [5.74, 6) is 1.20. The lowest BCUT2D eigenvalue weighted by atomic mass is 9.98. The molecule has 0 bridgehead atoms. The number of pyridine rings is 1. The average molecular weight is 501 g/mol. The van der Waals surface area contributed by atoms with Crippen molar-refractivity contribution >= 4 is 46.1 Å². The summed E-state index contributed by atoms with van der Waals surface area (Å²) in [5, 5.41) is 9.80. The Morgan fingerprint density at radius 1 is 1.29 bits per heavy atom. The Morgan fingerprint density at radius 2 is 2.09 bits per heavy atom. The highest BCUT2D eigenvalue weighted by Crippen LogP contribution is 2.37. The summed E-state index contributed by atoms with van der Waals surface area (Å²) in [6.45, 7) is 9.46. The first-order valence-corrected chi connectivity index (χ1v) is 13.4. The van der Waals surface area contributed by atoms with E-state index in [-0.39, 0.29) is 23.1 Å². The number of piperidine rings is 1. The number of carbonyl (C=O) groups excluding carboxylic acids is 1. The SMILES string of the molecule is CCCn1c(N2CCCC(C)C2)c(/C=C2/SC(=S)N(CC3CCCO3)C2=O)c(C)c(C#N)c1=O. The molecule has 1 amide bonds. The Bertz CT molecular complexity index is 1110. The van der Waals surface area contributed by atoms with E-state index in [9.17, 15) is 14.9 Å². The Labute approximate surface area is 210 Å². The minimum Gasteiger partial charge on any atom is -0.376 e. The van der Waals surface area contributed by atoms with Gasteiger partial charge in [0.1, 0.15) is 21.8 Å².